The molecular weight excluding hydrogens is 368 g/mol. The van der Waals surface area contributed by atoms with Gasteiger partial charge in [-0.2, -0.15) is 0 Å². The van der Waals surface area contributed by atoms with E-state index in [0.717, 1.165) is 4.90 Å². The molecule has 1 N–H and O–H groups in total. The summed E-state index contributed by atoms with van der Waals surface area (Å²) in [4.78, 5) is 13.0. The standard InChI is InChI=1S/C16H23ClN2O3S2/c1-2-11-24(21,22)19-9-7-13(8-10-19)18-16(20)12-23-15-6-4-3-5-14(15)17/h3-6,13H,2,7-12H2,1H3,(H,18,20). The van der Waals surface area contributed by atoms with E-state index in [-0.39, 0.29) is 17.7 Å². The van der Waals surface area contributed by atoms with Crippen LogP contribution in [0.4, 0.5) is 0 Å². The van der Waals surface area contributed by atoms with Crippen LogP contribution in [0.5, 0.6) is 0 Å². The van der Waals surface area contributed by atoms with Gasteiger partial charge < -0.3 is 5.32 Å². The summed E-state index contributed by atoms with van der Waals surface area (Å²) in [6.45, 7) is 2.82. The van der Waals surface area contributed by atoms with Crippen LogP contribution in [0, 0.1) is 0 Å². The van der Waals surface area contributed by atoms with Crippen molar-refractivity contribution in [3.63, 3.8) is 0 Å². The molecule has 5 nitrogen and oxygen atoms in total. The van der Waals surface area contributed by atoms with E-state index in [1.54, 1.807) is 6.07 Å². The number of amides is 1. The summed E-state index contributed by atoms with van der Waals surface area (Å²) in [5, 5.41) is 3.63. The third-order valence-electron chi connectivity index (χ3n) is 3.87. The number of hydrogen-bond donors (Lipinski definition) is 1. The van der Waals surface area contributed by atoms with E-state index in [1.165, 1.54) is 16.1 Å². The Hall–Kier alpha value is -0.760. The number of thioether (sulfide) groups is 1. The normalized spacial score (nSPS) is 16.9. The Morgan fingerprint density at radius 2 is 2.00 bits per heavy atom. The van der Waals surface area contributed by atoms with Crippen LogP contribution in [0.3, 0.4) is 0 Å². The van der Waals surface area contributed by atoms with Gasteiger partial charge in [0.1, 0.15) is 0 Å². The maximum Gasteiger partial charge on any atom is 0.230 e. The second-order valence-corrected chi connectivity index (χ2v) is 9.29. The van der Waals surface area contributed by atoms with Gasteiger partial charge in [0.2, 0.25) is 15.9 Å². The third-order valence-corrected chi connectivity index (χ3v) is 7.46. The molecule has 0 aliphatic carbocycles. The van der Waals surface area contributed by atoms with Crippen molar-refractivity contribution in [2.45, 2.75) is 37.1 Å². The maximum atomic E-state index is 12.1. The number of rotatable bonds is 7. The fourth-order valence-corrected chi connectivity index (χ4v) is 5.23. The number of hydrogen-bond acceptors (Lipinski definition) is 4. The molecule has 0 bridgehead atoms. The second-order valence-electron chi connectivity index (χ2n) is 5.78. The Balaban J connectivity index is 1.75. The highest BCUT2D eigenvalue weighted by molar-refractivity contribution is 8.00. The molecule has 0 spiro atoms. The number of carbonyl (C=O) groups is 1. The Kier molecular flexibility index (Phi) is 7.40. The minimum Gasteiger partial charge on any atom is -0.353 e. The number of carbonyl (C=O) groups excluding carboxylic acids is 1. The first-order valence-electron chi connectivity index (χ1n) is 8.07. The molecule has 0 radical (unpaired) electrons. The van der Waals surface area contributed by atoms with Crippen LogP contribution in [-0.4, -0.2) is 49.3 Å². The molecule has 1 aromatic carbocycles. The largest absolute Gasteiger partial charge is 0.353 e. The zero-order valence-electron chi connectivity index (χ0n) is 13.7. The number of nitrogens with one attached hydrogen (secondary N) is 1. The van der Waals surface area contributed by atoms with Gasteiger partial charge in [-0.15, -0.1) is 11.8 Å². The third kappa shape index (κ3) is 5.65. The quantitative estimate of drug-likeness (QED) is 0.727. The van der Waals surface area contributed by atoms with Gasteiger partial charge in [0.25, 0.3) is 0 Å². The van der Waals surface area contributed by atoms with Crippen molar-refractivity contribution in [1.29, 1.82) is 0 Å². The molecule has 1 heterocycles. The van der Waals surface area contributed by atoms with Crippen molar-refractivity contribution in [3.8, 4) is 0 Å². The van der Waals surface area contributed by atoms with Crippen LogP contribution in [0.15, 0.2) is 29.2 Å². The summed E-state index contributed by atoms with van der Waals surface area (Å²) in [5.74, 6) is 0.450. The van der Waals surface area contributed by atoms with Crippen molar-refractivity contribution in [3.05, 3.63) is 29.3 Å². The van der Waals surface area contributed by atoms with Crippen molar-refractivity contribution in [2.24, 2.45) is 0 Å². The Morgan fingerprint density at radius 1 is 1.33 bits per heavy atom. The van der Waals surface area contributed by atoms with E-state index in [4.69, 9.17) is 11.6 Å². The number of halogens is 1. The van der Waals surface area contributed by atoms with Gasteiger partial charge in [0.15, 0.2) is 0 Å². The zero-order valence-corrected chi connectivity index (χ0v) is 16.1. The highest BCUT2D eigenvalue weighted by atomic mass is 35.5. The number of benzene rings is 1. The van der Waals surface area contributed by atoms with Crippen LogP contribution in [0.25, 0.3) is 0 Å². The SMILES string of the molecule is CCCS(=O)(=O)N1CCC(NC(=O)CSc2ccccc2Cl)CC1. The molecule has 0 unspecified atom stereocenters. The Labute approximate surface area is 153 Å². The molecular formula is C16H23ClN2O3S2. The van der Waals surface area contributed by atoms with Crippen LogP contribution in [-0.2, 0) is 14.8 Å². The smallest absolute Gasteiger partial charge is 0.230 e. The average Bonchev–Trinajstić information content (AvgIpc) is 2.54. The van der Waals surface area contributed by atoms with Crippen molar-refractivity contribution < 1.29 is 13.2 Å². The topological polar surface area (TPSA) is 66.5 Å². The molecule has 0 aromatic heterocycles. The van der Waals surface area contributed by atoms with E-state index in [0.29, 0.717) is 43.1 Å². The van der Waals surface area contributed by atoms with Crippen molar-refractivity contribution in [2.75, 3.05) is 24.6 Å². The zero-order chi connectivity index (χ0) is 17.6. The van der Waals surface area contributed by atoms with Gasteiger partial charge >= 0.3 is 0 Å². The average molecular weight is 391 g/mol. The monoisotopic (exact) mass is 390 g/mol. The summed E-state index contributed by atoms with van der Waals surface area (Å²) >= 11 is 7.47. The number of piperidine rings is 1. The lowest BCUT2D eigenvalue weighted by molar-refractivity contribution is -0.119. The van der Waals surface area contributed by atoms with Crippen molar-refractivity contribution in [1.82, 2.24) is 9.62 Å². The van der Waals surface area contributed by atoms with Gasteiger partial charge in [0.05, 0.1) is 16.5 Å². The minimum atomic E-state index is -3.13. The highest BCUT2D eigenvalue weighted by Crippen LogP contribution is 2.26. The van der Waals surface area contributed by atoms with E-state index in [9.17, 15) is 13.2 Å². The lowest BCUT2D eigenvalue weighted by Crippen LogP contribution is -2.47. The molecule has 1 aromatic rings. The number of nitrogens with zero attached hydrogens (tertiary/aromatic N) is 1. The molecule has 1 aliphatic rings. The summed E-state index contributed by atoms with van der Waals surface area (Å²) in [6.07, 6.45) is 1.94. The maximum absolute atomic E-state index is 12.1. The van der Waals surface area contributed by atoms with Crippen LogP contribution in [0.1, 0.15) is 26.2 Å². The molecule has 0 atom stereocenters. The van der Waals surface area contributed by atoms with Gasteiger partial charge in [-0.1, -0.05) is 30.7 Å². The van der Waals surface area contributed by atoms with Crippen LogP contribution in [0.2, 0.25) is 5.02 Å². The summed E-state index contributed by atoms with van der Waals surface area (Å²) in [6, 6.07) is 7.47. The lowest BCUT2D eigenvalue weighted by Gasteiger charge is -2.31. The van der Waals surface area contributed by atoms with Crippen LogP contribution >= 0.6 is 23.4 Å². The molecule has 1 amide bonds. The molecule has 2 rings (SSSR count). The molecule has 1 fully saturated rings. The predicted octanol–water partition coefficient (Wildman–Crippen LogP) is 2.75. The first kappa shape index (κ1) is 19.6. The fraction of sp³-hybridized carbons (Fsp3) is 0.562. The molecule has 1 aliphatic heterocycles. The van der Waals surface area contributed by atoms with Gasteiger partial charge in [0, 0.05) is 24.0 Å². The molecule has 0 saturated carbocycles. The fourth-order valence-electron chi connectivity index (χ4n) is 2.64. The minimum absolute atomic E-state index is 0.0393. The molecule has 24 heavy (non-hydrogen) atoms. The van der Waals surface area contributed by atoms with E-state index in [2.05, 4.69) is 5.32 Å². The molecule has 134 valence electrons. The van der Waals surface area contributed by atoms with Gasteiger partial charge in [-0.25, -0.2) is 12.7 Å². The van der Waals surface area contributed by atoms with E-state index >= 15 is 0 Å². The molecule has 1 saturated heterocycles. The highest BCUT2D eigenvalue weighted by Gasteiger charge is 2.27. The van der Waals surface area contributed by atoms with Crippen LogP contribution < -0.4 is 5.32 Å². The Bertz CT molecular complexity index is 659. The lowest BCUT2D eigenvalue weighted by atomic mass is 10.1. The van der Waals surface area contributed by atoms with Crippen molar-refractivity contribution >= 4 is 39.3 Å². The molecule has 8 heteroatoms. The summed E-state index contributed by atoms with van der Waals surface area (Å²) in [5.41, 5.74) is 0. The first-order chi connectivity index (χ1) is 11.4. The van der Waals surface area contributed by atoms with Gasteiger partial charge in [-0.3, -0.25) is 4.79 Å². The van der Waals surface area contributed by atoms with E-state index in [1.807, 2.05) is 25.1 Å². The van der Waals surface area contributed by atoms with Gasteiger partial charge in [-0.05, 0) is 31.4 Å². The first-order valence-corrected chi connectivity index (χ1v) is 11.0. The summed E-state index contributed by atoms with van der Waals surface area (Å²) < 4.78 is 25.6. The summed E-state index contributed by atoms with van der Waals surface area (Å²) in [7, 11) is -3.13. The predicted molar refractivity (Wildman–Crippen MR) is 99.0 cm³/mol. The second kappa shape index (κ2) is 9.08. The van der Waals surface area contributed by atoms with E-state index < -0.39 is 10.0 Å². The Morgan fingerprint density at radius 3 is 2.62 bits per heavy atom. The number of sulfonamides is 1.